The molecule has 0 amide bonds. The predicted molar refractivity (Wildman–Crippen MR) is 25.6 cm³/mol. The van der Waals surface area contributed by atoms with Crippen molar-refractivity contribution < 1.29 is 10.6 Å². The summed E-state index contributed by atoms with van der Waals surface area (Å²) in [5.74, 6) is 0. The highest BCUT2D eigenvalue weighted by Gasteiger charge is 2.05. The second kappa shape index (κ2) is 2.92. The molecule has 1 saturated heterocycles. The molecule has 1 heterocycles. The van der Waals surface area contributed by atoms with Gasteiger partial charge in [-0.05, 0) is 0 Å². The third kappa shape index (κ3) is 1.84. The van der Waals surface area contributed by atoms with E-state index in [1.54, 1.807) is 0 Å². The fourth-order valence-corrected chi connectivity index (χ4v) is 0.490. The largest absolute Gasteiger partial charge is 0.412 e. The average molecular weight is 106 g/mol. The Morgan fingerprint density at radius 1 is 1.29 bits per heavy atom. The first-order chi connectivity index (χ1) is 2.89. The molecule has 1 aliphatic heterocycles. The maximum atomic E-state index is 8.51. The third-order valence-electron chi connectivity index (χ3n) is 0.800. The maximum absolute atomic E-state index is 8.51. The minimum absolute atomic E-state index is 0. The van der Waals surface area contributed by atoms with E-state index in [0.717, 1.165) is 13.1 Å². The van der Waals surface area contributed by atoms with Crippen molar-refractivity contribution in [2.75, 3.05) is 13.1 Å². The normalized spacial score (nSPS) is 21.9. The van der Waals surface area contributed by atoms with Gasteiger partial charge in [0.25, 0.3) is 0 Å². The van der Waals surface area contributed by atoms with E-state index in [4.69, 9.17) is 5.11 Å². The van der Waals surface area contributed by atoms with Crippen molar-refractivity contribution in [3.05, 3.63) is 0 Å². The Hall–Kier alpha value is -0.160. The van der Waals surface area contributed by atoms with Crippen molar-refractivity contribution in [1.29, 1.82) is 0 Å². The molecule has 0 aromatic heterocycles. The molecule has 0 spiro atoms. The molecule has 1 rings (SSSR count). The standard InChI is InChI=1S/C3H8N2O.H2O/c6-3-4-1-2-5-3;/h3-6H,1-2H2;1H2. The SMILES string of the molecule is O.OC1NCCN1. The maximum Gasteiger partial charge on any atom is 0.160 e. The summed E-state index contributed by atoms with van der Waals surface area (Å²) in [6.07, 6.45) is -0.454. The van der Waals surface area contributed by atoms with E-state index < -0.39 is 6.35 Å². The Morgan fingerprint density at radius 3 is 1.86 bits per heavy atom. The van der Waals surface area contributed by atoms with E-state index in [9.17, 15) is 0 Å². The van der Waals surface area contributed by atoms with Gasteiger partial charge >= 0.3 is 0 Å². The van der Waals surface area contributed by atoms with Crippen LogP contribution in [0.1, 0.15) is 0 Å². The van der Waals surface area contributed by atoms with Gasteiger partial charge in [0.15, 0.2) is 6.35 Å². The van der Waals surface area contributed by atoms with Gasteiger partial charge < -0.3 is 10.6 Å². The van der Waals surface area contributed by atoms with Crippen molar-refractivity contribution in [2.45, 2.75) is 6.35 Å². The molecule has 0 saturated carbocycles. The smallest absolute Gasteiger partial charge is 0.160 e. The second-order valence-corrected chi connectivity index (χ2v) is 1.31. The van der Waals surface area contributed by atoms with Crippen molar-refractivity contribution in [3.63, 3.8) is 0 Å². The zero-order valence-corrected chi connectivity index (χ0v) is 3.94. The minimum atomic E-state index is -0.454. The summed E-state index contributed by atoms with van der Waals surface area (Å²) in [6, 6.07) is 0. The number of aliphatic hydroxyl groups is 1. The lowest BCUT2D eigenvalue weighted by molar-refractivity contribution is 0.138. The first-order valence-corrected chi connectivity index (χ1v) is 2.04. The van der Waals surface area contributed by atoms with E-state index >= 15 is 0 Å². The first-order valence-electron chi connectivity index (χ1n) is 2.04. The second-order valence-electron chi connectivity index (χ2n) is 1.31. The zero-order chi connectivity index (χ0) is 4.41. The summed E-state index contributed by atoms with van der Waals surface area (Å²) in [4.78, 5) is 0. The van der Waals surface area contributed by atoms with Crippen LogP contribution in [0.25, 0.3) is 0 Å². The highest BCUT2D eigenvalue weighted by molar-refractivity contribution is 4.60. The van der Waals surface area contributed by atoms with Gasteiger partial charge in [0.2, 0.25) is 0 Å². The van der Waals surface area contributed by atoms with Crippen molar-refractivity contribution in [1.82, 2.24) is 10.6 Å². The van der Waals surface area contributed by atoms with Crippen LogP contribution < -0.4 is 10.6 Å². The molecule has 4 nitrogen and oxygen atoms in total. The molecule has 1 fully saturated rings. The predicted octanol–water partition coefficient (Wildman–Crippen LogP) is -2.37. The molecule has 0 radical (unpaired) electrons. The molecule has 0 aliphatic carbocycles. The van der Waals surface area contributed by atoms with Crippen LogP contribution in [0.2, 0.25) is 0 Å². The highest BCUT2D eigenvalue weighted by atomic mass is 16.3. The Morgan fingerprint density at radius 2 is 1.71 bits per heavy atom. The number of hydrogen-bond acceptors (Lipinski definition) is 3. The van der Waals surface area contributed by atoms with Gasteiger partial charge in [-0.15, -0.1) is 0 Å². The molecule has 1 aliphatic rings. The highest BCUT2D eigenvalue weighted by Crippen LogP contribution is 1.74. The molecule has 0 aromatic carbocycles. The molecule has 5 N–H and O–H groups in total. The van der Waals surface area contributed by atoms with Crippen molar-refractivity contribution in [2.24, 2.45) is 0 Å². The minimum Gasteiger partial charge on any atom is -0.412 e. The quantitative estimate of drug-likeness (QED) is 0.323. The summed E-state index contributed by atoms with van der Waals surface area (Å²) in [6.45, 7) is 1.75. The van der Waals surface area contributed by atoms with Crippen molar-refractivity contribution in [3.8, 4) is 0 Å². The molecule has 0 unspecified atom stereocenters. The Kier molecular flexibility index (Phi) is 2.86. The van der Waals surface area contributed by atoms with Gasteiger partial charge in [-0.1, -0.05) is 0 Å². The molecule has 0 bridgehead atoms. The van der Waals surface area contributed by atoms with Crippen LogP contribution in [0.4, 0.5) is 0 Å². The van der Waals surface area contributed by atoms with Gasteiger partial charge in [0, 0.05) is 13.1 Å². The molecular formula is C3H10N2O2. The van der Waals surface area contributed by atoms with Crippen LogP contribution in [0.15, 0.2) is 0 Å². The molecule has 0 atom stereocenters. The lowest BCUT2D eigenvalue weighted by Gasteiger charge is -1.96. The summed E-state index contributed by atoms with van der Waals surface area (Å²) in [7, 11) is 0. The Labute approximate surface area is 41.8 Å². The number of rotatable bonds is 0. The van der Waals surface area contributed by atoms with Gasteiger partial charge in [0.05, 0.1) is 0 Å². The van der Waals surface area contributed by atoms with Crippen LogP contribution >= 0.6 is 0 Å². The lowest BCUT2D eigenvalue weighted by Crippen LogP contribution is -2.29. The summed E-state index contributed by atoms with van der Waals surface area (Å²) in [5.41, 5.74) is 0. The van der Waals surface area contributed by atoms with E-state index in [-0.39, 0.29) is 5.48 Å². The lowest BCUT2D eigenvalue weighted by atomic mass is 10.7. The van der Waals surface area contributed by atoms with Crippen LogP contribution in [0.3, 0.4) is 0 Å². The van der Waals surface area contributed by atoms with E-state index in [2.05, 4.69) is 10.6 Å². The molecular weight excluding hydrogens is 96.0 g/mol. The van der Waals surface area contributed by atoms with Crippen LogP contribution in [0, 0.1) is 0 Å². The first kappa shape index (κ1) is 6.84. The number of hydrogen-bond donors (Lipinski definition) is 3. The van der Waals surface area contributed by atoms with Gasteiger partial charge in [0.1, 0.15) is 0 Å². The topological polar surface area (TPSA) is 75.8 Å². The van der Waals surface area contributed by atoms with Gasteiger partial charge in [-0.25, -0.2) is 0 Å². The zero-order valence-electron chi connectivity index (χ0n) is 3.94. The van der Waals surface area contributed by atoms with Crippen LogP contribution in [0.5, 0.6) is 0 Å². The Balaban J connectivity index is 0.000000360. The van der Waals surface area contributed by atoms with Gasteiger partial charge in [-0.3, -0.25) is 10.6 Å². The number of nitrogens with one attached hydrogen (secondary N) is 2. The van der Waals surface area contributed by atoms with Crippen LogP contribution in [-0.4, -0.2) is 30.0 Å². The summed E-state index contributed by atoms with van der Waals surface area (Å²) < 4.78 is 0. The summed E-state index contributed by atoms with van der Waals surface area (Å²) in [5, 5.41) is 14.0. The fraction of sp³-hybridized carbons (Fsp3) is 1.00. The molecule has 4 heteroatoms. The fourth-order valence-electron chi connectivity index (χ4n) is 0.490. The number of aliphatic hydroxyl groups excluding tert-OH is 1. The monoisotopic (exact) mass is 106 g/mol. The van der Waals surface area contributed by atoms with Crippen molar-refractivity contribution >= 4 is 0 Å². The van der Waals surface area contributed by atoms with Gasteiger partial charge in [-0.2, -0.15) is 0 Å². The van der Waals surface area contributed by atoms with E-state index in [1.165, 1.54) is 0 Å². The third-order valence-corrected chi connectivity index (χ3v) is 0.800. The van der Waals surface area contributed by atoms with E-state index in [1.807, 2.05) is 0 Å². The van der Waals surface area contributed by atoms with E-state index in [0.29, 0.717) is 0 Å². The molecule has 0 aromatic rings. The molecule has 7 heavy (non-hydrogen) atoms. The van der Waals surface area contributed by atoms with Crippen LogP contribution in [-0.2, 0) is 0 Å². The Bertz CT molecular complexity index is 44.2. The summed E-state index contributed by atoms with van der Waals surface area (Å²) >= 11 is 0. The average Bonchev–Trinajstić information content (AvgIpc) is 1.86. The molecule has 44 valence electrons.